The highest BCUT2D eigenvalue weighted by molar-refractivity contribution is 5.42. The molecule has 0 aliphatic carbocycles. The lowest BCUT2D eigenvalue weighted by Gasteiger charge is -2.05. The van der Waals surface area contributed by atoms with Gasteiger partial charge in [0.25, 0.3) is 0 Å². The summed E-state index contributed by atoms with van der Waals surface area (Å²) in [6, 6.07) is 11.7. The fraction of sp³-hybridized carbons (Fsp3) is 0.0769. The molecule has 1 N–H and O–H groups in total. The molecule has 0 saturated carbocycles. The van der Waals surface area contributed by atoms with Crippen molar-refractivity contribution >= 4 is 5.82 Å². The van der Waals surface area contributed by atoms with Crippen molar-refractivity contribution in [1.82, 2.24) is 4.98 Å². The Morgan fingerprint density at radius 2 is 2.18 bits per heavy atom. The number of hydrogen-bond donors (Lipinski definition) is 1. The Kier molecular flexibility index (Phi) is 3.31. The van der Waals surface area contributed by atoms with Gasteiger partial charge >= 0.3 is 0 Å². The minimum Gasteiger partial charge on any atom is -0.366 e. The van der Waals surface area contributed by atoms with E-state index in [1.807, 2.05) is 12.1 Å². The van der Waals surface area contributed by atoms with Crippen LogP contribution in [0.5, 0.6) is 0 Å². The lowest BCUT2D eigenvalue weighted by molar-refractivity contribution is 0.626. The predicted octanol–water partition coefficient (Wildman–Crippen LogP) is 2.70. The summed E-state index contributed by atoms with van der Waals surface area (Å²) in [5.74, 6) is 0.344. The monoisotopic (exact) mass is 227 g/mol. The van der Waals surface area contributed by atoms with Crippen LogP contribution in [-0.2, 0) is 6.54 Å². The highest BCUT2D eigenvalue weighted by Gasteiger charge is 1.98. The zero-order valence-electron chi connectivity index (χ0n) is 9.02. The molecular formula is C13H10FN3. The first-order valence-corrected chi connectivity index (χ1v) is 5.12. The van der Waals surface area contributed by atoms with Gasteiger partial charge in [0.15, 0.2) is 0 Å². The van der Waals surface area contributed by atoms with Gasteiger partial charge in [0.2, 0.25) is 0 Å². The zero-order valence-corrected chi connectivity index (χ0v) is 9.02. The molecule has 0 atom stereocenters. The van der Waals surface area contributed by atoms with Crippen molar-refractivity contribution in [2.75, 3.05) is 5.32 Å². The molecule has 0 aliphatic heterocycles. The van der Waals surface area contributed by atoms with Crippen LogP contribution in [0.3, 0.4) is 0 Å². The summed E-state index contributed by atoms with van der Waals surface area (Å²) in [6.45, 7) is 0.472. The Hall–Kier alpha value is -2.41. The molecule has 84 valence electrons. The van der Waals surface area contributed by atoms with Gasteiger partial charge in [0.05, 0.1) is 11.6 Å². The van der Waals surface area contributed by atoms with Gasteiger partial charge in [-0.3, -0.25) is 0 Å². The Morgan fingerprint density at radius 3 is 2.94 bits per heavy atom. The molecular weight excluding hydrogens is 217 g/mol. The molecule has 17 heavy (non-hydrogen) atoms. The Labute approximate surface area is 98.5 Å². The molecule has 1 aromatic carbocycles. The molecule has 4 heteroatoms. The quantitative estimate of drug-likeness (QED) is 0.877. The topological polar surface area (TPSA) is 48.7 Å². The summed E-state index contributed by atoms with van der Waals surface area (Å²) in [4.78, 5) is 4.07. The minimum atomic E-state index is -0.261. The lowest BCUT2D eigenvalue weighted by atomic mass is 10.2. The van der Waals surface area contributed by atoms with Crippen molar-refractivity contribution in [2.45, 2.75) is 6.54 Å². The van der Waals surface area contributed by atoms with Crippen molar-refractivity contribution in [3.05, 3.63) is 59.5 Å². The third kappa shape index (κ3) is 3.02. The van der Waals surface area contributed by atoms with Gasteiger partial charge in [0, 0.05) is 12.7 Å². The molecule has 0 radical (unpaired) electrons. The van der Waals surface area contributed by atoms with Gasteiger partial charge < -0.3 is 5.32 Å². The number of benzene rings is 1. The number of nitriles is 1. The molecule has 2 rings (SSSR count). The number of nitrogens with zero attached hydrogens (tertiary/aromatic N) is 2. The maximum atomic E-state index is 12.9. The summed E-state index contributed by atoms with van der Waals surface area (Å²) in [5.41, 5.74) is 1.37. The first-order chi connectivity index (χ1) is 8.28. The molecule has 0 saturated heterocycles. The largest absolute Gasteiger partial charge is 0.366 e. The molecule has 1 aromatic heterocycles. The van der Waals surface area contributed by atoms with Crippen LogP contribution in [0.2, 0.25) is 0 Å². The minimum absolute atomic E-state index is 0.261. The van der Waals surface area contributed by atoms with E-state index in [2.05, 4.69) is 10.3 Å². The standard InChI is InChI=1S/C13H10FN3/c14-12-3-1-2-11(6-12)9-17-13-7-10(8-15)4-5-16-13/h1-7H,9H2,(H,16,17). The summed E-state index contributed by atoms with van der Waals surface area (Å²) in [7, 11) is 0. The highest BCUT2D eigenvalue weighted by atomic mass is 19.1. The van der Waals surface area contributed by atoms with E-state index in [9.17, 15) is 4.39 Å². The summed E-state index contributed by atoms with van der Waals surface area (Å²) in [5, 5.41) is 11.8. The zero-order chi connectivity index (χ0) is 12.1. The Bertz CT molecular complexity index is 561. The van der Waals surface area contributed by atoms with Gasteiger partial charge in [-0.25, -0.2) is 9.37 Å². The van der Waals surface area contributed by atoms with Crippen LogP contribution in [-0.4, -0.2) is 4.98 Å². The predicted molar refractivity (Wildman–Crippen MR) is 62.7 cm³/mol. The van der Waals surface area contributed by atoms with Gasteiger partial charge in [-0.1, -0.05) is 12.1 Å². The van der Waals surface area contributed by atoms with E-state index in [4.69, 9.17) is 5.26 Å². The van der Waals surface area contributed by atoms with Crippen LogP contribution in [0.4, 0.5) is 10.2 Å². The maximum absolute atomic E-state index is 12.9. The number of aromatic nitrogens is 1. The van der Waals surface area contributed by atoms with Crippen LogP contribution in [0.15, 0.2) is 42.6 Å². The van der Waals surface area contributed by atoms with Crippen molar-refractivity contribution in [3.8, 4) is 6.07 Å². The van der Waals surface area contributed by atoms with E-state index in [-0.39, 0.29) is 5.82 Å². The summed E-state index contributed by atoms with van der Waals surface area (Å²) >= 11 is 0. The van der Waals surface area contributed by atoms with Crippen LogP contribution >= 0.6 is 0 Å². The molecule has 1 heterocycles. The number of rotatable bonds is 3. The average molecular weight is 227 g/mol. The molecule has 0 spiro atoms. The van der Waals surface area contributed by atoms with Gasteiger partial charge in [0.1, 0.15) is 11.6 Å². The fourth-order valence-electron chi connectivity index (χ4n) is 1.44. The van der Waals surface area contributed by atoms with E-state index in [0.717, 1.165) is 5.56 Å². The normalized spacial score (nSPS) is 9.65. The van der Waals surface area contributed by atoms with Gasteiger partial charge in [-0.05, 0) is 29.8 Å². The van der Waals surface area contributed by atoms with Crippen molar-refractivity contribution < 1.29 is 4.39 Å². The highest BCUT2D eigenvalue weighted by Crippen LogP contribution is 2.09. The number of nitrogens with one attached hydrogen (secondary N) is 1. The van der Waals surface area contributed by atoms with Crippen molar-refractivity contribution in [3.63, 3.8) is 0 Å². The van der Waals surface area contributed by atoms with Crippen molar-refractivity contribution in [1.29, 1.82) is 5.26 Å². The number of pyridine rings is 1. The summed E-state index contributed by atoms with van der Waals surface area (Å²) < 4.78 is 12.9. The summed E-state index contributed by atoms with van der Waals surface area (Å²) in [6.07, 6.45) is 1.56. The Balaban J connectivity index is 2.05. The van der Waals surface area contributed by atoms with Crippen LogP contribution < -0.4 is 5.32 Å². The molecule has 0 bridgehead atoms. The second-order valence-corrected chi connectivity index (χ2v) is 3.53. The van der Waals surface area contributed by atoms with E-state index in [1.54, 1.807) is 24.4 Å². The molecule has 0 aliphatic rings. The third-order valence-corrected chi connectivity index (χ3v) is 2.25. The molecule has 3 nitrogen and oxygen atoms in total. The van der Waals surface area contributed by atoms with Crippen molar-refractivity contribution in [2.24, 2.45) is 0 Å². The molecule has 0 fully saturated rings. The van der Waals surface area contributed by atoms with Crippen LogP contribution in [0.1, 0.15) is 11.1 Å². The van der Waals surface area contributed by atoms with Crippen LogP contribution in [0.25, 0.3) is 0 Å². The molecule has 2 aromatic rings. The Morgan fingerprint density at radius 1 is 1.29 bits per heavy atom. The second-order valence-electron chi connectivity index (χ2n) is 3.53. The number of halogens is 1. The van der Waals surface area contributed by atoms with Crippen LogP contribution in [0, 0.1) is 17.1 Å². The van der Waals surface area contributed by atoms with E-state index in [1.165, 1.54) is 12.1 Å². The molecule has 0 unspecified atom stereocenters. The SMILES string of the molecule is N#Cc1ccnc(NCc2cccc(F)c2)c1. The van der Waals surface area contributed by atoms with E-state index in [0.29, 0.717) is 17.9 Å². The van der Waals surface area contributed by atoms with E-state index < -0.39 is 0 Å². The second kappa shape index (κ2) is 5.08. The van der Waals surface area contributed by atoms with E-state index >= 15 is 0 Å². The smallest absolute Gasteiger partial charge is 0.127 e. The van der Waals surface area contributed by atoms with Gasteiger partial charge in [-0.15, -0.1) is 0 Å². The number of hydrogen-bond acceptors (Lipinski definition) is 3. The number of anilines is 1. The first kappa shape index (κ1) is 11.1. The maximum Gasteiger partial charge on any atom is 0.127 e. The lowest BCUT2D eigenvalue weighted by Crippen LogP contribution is -2.01. The third-order valence-electron chi connectivity index (χ3n) is 2.25. The average Bonchev–Trinajstić information content (AvgIpc) is 2.37. The fourth-order valence-corrected chi connectivity index (χ4v) is 1.44. The molecule has 0 amide bonds. The first-order valence-electron chi connectivity index (χ1n) is 5.12. The van der Waals surface area contributed by atoms with Gasteiger partial charge in [-0.2, -0.15) is 5.26 Å².